The van der Waals surface area contributed by atoms with E-state index in [0.29, 0.717) is 17.8 Å². The van der Waals surface area contributed by atoms with Crippen molar-refractivity contribution in [1.82, 2.24) is 24.3 Å². The number of carbonyl (C=O) groups is 1. The van der Waals surface area contributed by atoms with Gasteiger partial charge in [0.15, 0.2) is 0 Å². The summed E-state index contributed by atoms with van der Waals surface area (Å²) in [7, 11) is -0.599. The van der Waals surface area contributed by atoms with Crippen LogP contribution in [0.15, 0.2) is 39.6 Å². The molecule has 28 heavy (non-hydrogen) atoms. The Morgan fingerprint density at radius 1 is 1.21 bits per heavy atom. The molecule has 1 amide bonds. The number of sulfonamides is 1. The summed E-state index contributed by atoms with van der Waals surface area (Å²) in [6.07, 6.45) is 0. The van der Waals surface area contributed by atoms with Crippen LogP contribution in [-0.2, 0) is 16.6 Å². The number of nitrogens with zero attached hydrogens (tertiary/aromatic N) is 5. The van der Waals surface area contributed by atoms with E-state index >= 15 is 0 Å². The van der Waals surface area contributed by atoms with Gasteiger partial charge in [0.05, 0.1) is 10.6 Å². The number of hydrogen-bond donors (Lipinski definition) is 1. The molecule has 2 heterocycles. The minimum absolute atomic E-state index is 0.0634. The highest BCUT2D eigenvalue weighted by atomic mass is 32.2. The molecular weight excluding hydrogens is 384 g/mol. The molecule has 3 rings (SSSR count). The Hall–Kier alpha value is -3.05. The molecule has 0 aliphatic carbocycles. The largest absolute Gasteiger partial charge is 0.403 e. The molecule has 1 aromatic carbocycles. The van der Waals surface area contributed by atoms with Crippen LogP contribution in [0.25, 0.3) is 11.5 Å². The third-order valence-electron chi connectivity index (χ3n) is 3.96. The summed E-state index contributed by atoms with van der Waals surface area (Å²) in [4.78, 5) is 12.6. The van der Waals surface area contributed by atoms with Crippen LogP contribution in [0.1, 0.15) is 23.1 Å². The number of aryl methyl sites for hydroxylation is 2. The molecule has 0 bridgehead atoms. The first-order valence-corrected chi connectivity index (χ1v) is 9.88. The Labute approximate surface area is 162 Å². The number of amides is 1. The van der Waals surface area contributed by atoms with Crippen molar-refractivity contribution < 1.29 is 17.6 Å². The molecule has 0 saturated heterocycles. The minimum atomic E-state index is -3.52. The quantitative estimate of drug-likeness (QED) is 0.664. The molecule has 0 fully saturated rings. The maximum Gasteiger partial charge on any atom is 0.322 e. The number of hydrogen-bond acceptors (Lipinski definition) is 7. The minimum Gasteiger partial charge on any atom is -0.403 e. The molecule has 0 aliphatic heterocycles. The Bertz CT molecular complexity index is 1100. The van der Waals surface area contributed by atoms with Crippen molar-refractivity contribution in [2.75, 3.05) is 19.4 Å². The molecule has 1 N–H and O–H groups in total. The van der Waals surface area contributed by atoms with E-state index in [0.717, 1.165) is 10.00 Å². The molecule has 0 spiro atoms. The van der Waals surface area contributed by atoms with Crippen LogP contribution < -0.4 is 5.32 Å². The van der Waals surface area contributed by atoms with Gasteiger partial charge in [0.2, 0.25) is 15.9 Å². The van der Waals surface area contributed by atoms with Gasteiger partial charge >= 0.3 is 6.01 Å². The number of carbonyl (C=O) groups excluding carboxylic acids is 1. The Morgan fingerprint density at radius 3 is 2.50 bits per heavy atom. The standard InChI is InChI=1S/C17H20N6O4S/c1-5-23-14(10-11(2)21-23)15(24)18-17-20-19-16(27-17)12-6-8-13(9-7-12)28(25,26)22(3)4/h6-10H,5H2,1-4H3,(H,18,20,24). The van der Waals surface area contributed by atoms with Crippen LogP contribution in [0.2, 0.25) is 0 Å². The fraction of sp³-hybridized carbons (Fsp3) is 0.294. The van der Waals surface area contributed by atoms with E-state index in [-0.39, 0.29) is 16.8 Å². The van der Waals surface area contributed by atoms with Gasteiger partial charge in [0.1, 0.15) is 5.69 Å². The second-order valence-electron chi connectivity index (χ2n) is 6.17. The van der Waals surface area contributed by atoms with E-state index in [1.54, 1.807) is 29.8 Å². The Balaban J connectivity index is 1.78. The number of benzene rings is 1. The van der Waals surface area contributed by atoms with Gasteiger partial charge in [-0.15, -0.1) is 5.10 Å². The lowest BCUT2D eigenvalue weighted by atomic mass is 10.2. The highest BCUT2D eigenvalue weighted by molar-refractivity contribution is 7.89. The summed E-state index contributed by atoms with van der Waals surface area (Å²) in [5, 5.41) is 14.5. The first-order chi connectivity index (χ1) is 13.2. The van der Waals surface area contributed by atoms with Crippen LogP contribution in [0.4, 0.5) is 6.01 Å². The lowest BCUT2D eigenvalue weighted by molar-refractivity contribution is 0.101. The topological polar surface area (TPSA) is 123 Å². The zero-order chi connectivity index (χ0) is 20.5. The van der Waals surface area contributed by atoms with Crippen LogP contribution in [0.3, 0.4) is 0 Å². The van der Waals surface area contributed by atoms with Crippen molar-refractivity contribution in [2.24, 2.45) is 0 Å². The van der Waals surface area contributed by atoms with E-state index in [2.05, 4.69) is 20.6 Å². The smallest absolute Gasteiger partial charge is 0.322 e. The van der Waals surface area contributed by atoms with Gasteiger partial charge in [-0.3, -0.25) is 14.8 Å². The van der Waals surface area contributed by atoms with Gasteiger partial charge in [-0.25, -0.2) is 12.7 Å². The SMILES string of the molecule is CCn1nc(C)cc1C(=O)Nc1nnc(-c2ccc(S(=O)(=O)N(C)C)cc2)o1. The molecule has 10 nitrogen and oxygen atoms in total. The van der Waals surface area contributed by atoms with Crippen molar-refractivity contribution in [2.45, 2.75) is 25.3 Å². The van der Waals surface area contributed by atoms with Gasteiger partial charge in [-0.05, 0) is 44.2 Å². The monoisotopic (exact) mass is 404 g/mol. The molecule has 0 unspecified atom stereocenters. The Kier molecular flexibility index (Phi) is 5.29. The molecular formula is C17H20N6O4S. The number of anilines is 1. The summed E-state index contributed by atoms with van der Waals surface area (Å²) in [5.41, 5.74) is 1.64. The summed E-state index contributed by atoms with van der Waals surface area (Å²) < 4.78 is 32.4. The fourth-order valence-corrected chi connectivity index (χ4v) is 3.40. The number of rotatable bonds is 6. The summed E-state index contributed by atoms with van der Waals surface area (Å²) in [5.74, 6) is -0.255. The summed E-state index contributed by atoms with van der Waals surface area (Å²) >= 11 is 0. The van der Waals surface area contributed by atoms with Gasteiger partial charge in [-0.2, -0.15) is 5.10 Å². The van der Waals surface area contributed by atoms with Crippen molar-refractivity contribution in [3.8, 4) is 11.5 Å². The molecule has 0 radical (unpaired) electrons. The van der Waals surface area contributed by atoms with Crippen LogP contribution in [0, 0.1) is 6.92 Å². The van der Waals surface area contributed by atoms with Crippen LogP contribution in [-0.4, -0.2) is 52.7 Å². The highest BCUT2D eigenvalue weighted by Gasteiger charge is 2.19. The molecule has 0 saturated carbocycles. The van der Waals surface area contributed by atoms with Gasteiger partial charge in [-0.1, -0.05) is 5.10 Å². The zero-order valence-electron chi connectivity index (χ0n) is 15.9. The van der Waals surface area contributed by atoms with Gasteiger partial charge < -0.3 is 4.42 Å². The predicted molar refractivity (Wildman–Crippen MR) is 101 cm³/mol. The average molecular weight is 404 g/mol. The average Bonchev–Trinajstić information content (AvgIpc) is 3.28. The maximum atomic E-state index is 12.4. The predicted octanol–water partition coefficient (Wildman–Crippen LogP) is 1.76. The van der Waals surface area contributed by atoms with Gasteiger partial charge in [0.25, 0.3) is 5.91 Å². The molecule has 0 atom stereocenters. The van der Waals surface area contributed by atoms with Crippen molar-refractivity contribution in [3.05, 3.63) is 41.7 Å². The molecule has 0 aliphatic rings. The van der Waals surface area contributed by atoms with Gasteiger partial charge in [0, 0.05) is 26.2 Å². The second kappa shape index (κ2) is 7.52. The normalized spacial score (nSPS) is 11.8. The van der Waals surface area contributed by atoms with E-state index in [1.165, 1.54) is 26.2 Å². The first kappa shape index (κ1) is 19.7. The maximum absolute atomic E-state index is 12.4. The van der Waals surface area contributed by atoms with Crippen LogP contribution in [0.5, 0.6) is 0 Å². The lowest BCUT2D eigenvalue weighted by Gasteiger charge is -2.11. The van der Waals surface area contributed by atoms with E-state index in [1.807, 2.05) is 6.92 Å². The molecule has 3 aromatic rings. The van der Waals surface area contributed by atoms with E-state index in [9.17, 15) is 13.2 Å². The zero-order valence-corrected chi connectivity index (χ0v) is 16.7. The van der Waals surface area contributed by atoms with Crippen molar-refractivity contribution >= 4 is 21.9 Å². The number of nitrogens with one attached hydrogen (secondary N) is 1. The second-order valence-corrected chi connectivity index (χ2v) is 8.32. The fourth-order valence-electron chi connectivity index (χ4n) is 2.50. The molecule has 11 heteroatoms. The van der Waals surface area contributed by atoms with Crippen molar-refractivity contribution in [3.63, 3.8) is 0 Å². The molecule has 2 aromatic heterocycles. The first-order valence-electron chi connectivity index (χ1n) is 8.44. The summed E-state index contributed by atoms with van der Waals surface area (Å²) in [6.45, 7) is 4.23. The van der Waals surface area contributed by atoms with E-state index < -0.39 is 15.9 Å². The van der Waals surface area contributed by atoms with E-state index in [4.69, 9.17) is 4.42 Å². The Morgan fingerprint density at radius 2 is 1.89 bits per heavy atom. The third kappa shape index (κ3) is 3.80. The highest BCUT2D eigenvalue weighted by Crippen LogP contribution is 2.23. The summed E-state index contributed by atoms with van der Waals surface area (Å²) in [6, 6.07) is 7.63. The molecule has 148 valence electrons. The lowest BCUT2D eigenvalue weighted by Crippen LogP contribution is -2.22. The van der Waals surface area contributed by atoms with Crippen LogP contribution >= 0.6 is 0 Å². The number of aromatic nitrogens is 4. The third-order valence-corrected chi connectivity index (χ3v) is 5.79. The van der Waals surface area contributed by atoms with Crippen molar-refractivity contribution in [1.29, 1.82) is 0 Å².